The van der Waals surface area contributed by atoms with E-state index in [2.05, 4.69) is 27.0 Å². The van der Waals surface area contributed by atoms with Crippen LogP contribution in [-0.4, -0.2) is 6.21 Å². The van der Waals surface area contributed by atoms with Crippen LogP contribution in [0.4, 0.5) is 5.00 Å². The number of hydrogen-bond donors (Lipinski definition) is 0. The zero-order chi connectivity index (χ0) is 13.2. The van der Waals surface area contributed by atoms with Crippen LogP contribution in [-0.2, 0) is 12.8 Å². The maximum absolute atomic E-state index is 9.34. The van der Waals surface area contributed by atoms with Gasteiger partial charge in [-0.05, 0) is 59.3 Å². The van der Waals surface area contributed by atoms with Crippen LogP contribution in [0.2, 0.25) is 0 Å². The summed E-state index contributed by atoms with van der Waals surface area (Å²) in [7, 11) is 0. The van der Waals surface area contributed by atoms with E-state index in [-0.39, 0.29) is 0 Å². The van der Waals surface area contributed by atoms with Crippen molar-refractivity contribution < 1.29 is 0 Å². The number of thiophene rings is 2. The zero-order valence-electron chi connectivity index (χ0n) is 10.1. The molecular weight excluding hydrogens is 340 g/mol. The molecule has 19 heavy (non-hydrogen) atoms. The monoisotopic (exact) mass is 350 g/mol. The molecule has 3 rings (SSSR count). The minimum atomic E-state index is 0.798. The third-order valence-electron chi connectivity index (χ3n) is 3.17. The third-order valence-corrected chi connectivity index (χ3v) is 5.93. The van der Waals surface area contributed by atoms with E-state index in [1.165, 1.54) is 23.3 Å². The van der Waals surface area contributed by atoms with Crippen molar-refractivity contribution in [3.05, 3.63) is 36.8 Å². The van der Waals surface area contributed by atoms with Gasteiger partial charge in [0, 0.05) is 16.0 Å². The lowest BCUT2D eigenvalue weighted by molar-refractivity contribution is 0.696. The zero-order valence-corrected chi connectivity index (χ0v) is 13.4. The topological polar surface area (TPSA) is 36.1 Å². The van der Waals surface area contributed by atoms with E-state index in [1.807, 2.05) is 18.3 Å². The molecule has 0 bridgehead atoms. The van der Waals surface area contributed by atoms with Crippen molar-refractivity contribution in [3.63, 3.8) is 0 Å². The standard InChI is InChI=1S/C14H11BrN2S2/c15-13-6-5-9(18-13)8-17-14-11(7-16)10-3-1-2-4-12(10)19-14/h5-6,8H,1-4H2. The second kappa shape index (κ2) is 5.58. The van der Waals surface area contributed by atoms with Crippen molar-refractivity contribution in [2.24, 2.45) is 4.99 Å². The summed E-state index contributed by atoms with van der Waals surface area (Å²) in [5, 5.41) is 10.2. The van der Waals surface area contributed by atoms with Gasteiger partial charge in [-0.1, -0.05) is 0 Å². The first-order chi connectivity index (χ1) is 9.28. The quantitative estimate of drug-likeness (QED) is 0.696. The summed E-state index contributed by atoms with van der Waals surface area (Å²) in [6.07, 6.45) is 6.43. The molecule has 0 fully saturated rings. The summed E-state index contributed by atoms with van der Waals surface area (Å²) in [6.45, 7) is 0. The third kappa shape index (κ3) is 2.66. The molecule has 0 saturated heterocycles. The van der Waals surface area contributed by atoms with E-state index in [9.17, 15) is 5.26 Å². The smallest absolute Gasteiger partial charge is 0.134 e. The fourth-order valence-corrected chi connectivity index (χ4v) is 4.76. The van der Waals surface area contributed by atoms with Gasteiger partial charge in [0.1, 0.15) is 11.1 Å². The minimum absolute atomic E-state index is 0.798. The van der Waals surface area contributed by atoms with E-state index >= 15 is 0 Å². The summed E-state index contributed by atoms with van der Waals surface area (Å²) >= 11 is 6.77. The van der Waals surface area contributed by atoms with Gasteiger partial charge in [-0.2, -0.15) is 5.26 Å². The average Bonchev–Trinajstić information content (AvgIpc) is 2.99. The van der Waals surface area contributed by atoms with Crippen molar-refractivity contribution in [1.82, 2.24) is 0 Å². The van der Waals surface area contributed by atoms with Gasteiger partial charge in [0.15, 0.2) is 0 Å². The largest absolute Gasteiger partial charge is 0.243 e. The molecule has 0 atom stereocenters. The highest BCUT2D eigenvalue weighted by Gasteiger charge is 2.20. The Kier molecular flexibility index (Phi) is 3.83. The highest BCUT2D eigenvalue weighted by molar-refractivity contribution is 9.11. The molecular formula is C14H11BrN2S2. The van der Waals surface area contributed by atoms with Crippen LogP contribution in [0.15, 0.2) is 20.9 Å². The van der Waals surface area contributed by atoms with Crippen LogP contribution in [0.25, 0.3) is 0 Å². The number of nitriles is 1. The summed E-state index contributed by atoms with van der Waals surface area (Å²) in [5.41, 5.74) is 2.05. The van der Waals surface area contributed by atoms with E-state index in [4.69, 9.17) is 0 Å². The maximum atomic E-state index is 9.34. The lowest BCUT2D eigenvalue weighted by atomic mass is 9.96. The van der Waals surface area contributed by atoms with Crippen LogP contribution in [0.3, 0.4) is 0 Å². The number of rotatable bonds is 2. The number of aryl methyl sites for hydroxylation is 1. The maximum Gasteiger partial charge on any atom is 0.134 e. The Labute approximate surface area is 128 Å². The van der Waals surface area contributed by atoms with Gasteiger partial charge in [0.2, 0.25) is 0 Å². The Morgan fingerprint density at radius 2 is 2.11 bits per heavy atom. The number of aliphatic imine (C=N–C) groups is 1. The Morgan fingerprint density at radius 1 is 1.26 bits per heavy atom. The first kappa shape index (κ1) is 13.0. The van der Waals surface area contributed by atoms with Crippen LogP contribution >= 0.6 is 38.6 Å². The van der Waals surface area contributed by atoms with Gasteiger partial charge in [-0.3, -0.25) is 0 Å². The first-order valence-corrected chi connectivity index (χ1v) is 8.54. The van der Waals surface area contributed by atoms with Gasteiger partial charge in [0.25, 0.3) is 0 Å². The van der Waals surface area contributed by atoms with Crippen LogP contribution < -0.4 is 0 Å². The van der Waals surface area contributed by atoms with Crippen molar-refractivity contribution >= 4 is 49.8 Å². The van der Waals surface area contributed by atoms with E-state index in [0.29, 0.717) is 0 Å². The van der Waals surface area contributed by atoms with E-state index in [0.717, 1.165) is 32.1 Å². The number of hydrogen-bond acceptors (Lipinski definition) is 4. The second-order valence-corrected chi connectivity index (χ2v) is 7.98. The molecule has 0 N–H and O–H groups in total. The summed E-state index contributed by atoms with van der Waals surface area (Å²) in [4.78, 5) is 6.99. The molecule has 0 unspecified atom stereocenters. The van der Waals surface area contributed by atoms with E-state index < -0.39 is 0 Å². The predicted octanol–water partition coefficient (Wildman–Crippen LogP) is 5.07. The highest BCUT2D eigenvalue weighted by Crippen LogP contribution is 2.39. The molecule has 5 heteroatoms. The molecule has 2 nitrogen and oxygen atoms in total. The molecule has 1 aliphatic rings. The summed E-state index contributed by atoms with van der Waals surface area (Å²) in [5.74, 6) is 0. The molecule has 0 radical (unpaired) electrons. The molecule has 0 saturated carbocycles. The Balaban J connectivity index is 1.95. The predicted molar refractivity (Wildman–Crippen MR) is 84.9 cm³/mol. The Bertz CT molecular complexity index is 676. The second-order valence-electron chi connectivity index (χ2n) is 4.40. The minimum Gasteiger partial charge on any atom is -0.243 e. The van der Waals surface area contributed by atoms with Crippen molar-refractivity contribution in [3.8, 4) is 6.07 Å². The fraction of sp³-hybridized carbons (Fsp3) is 0.286. The molecule has 2 aromatic heterocycles. The average molecular weight is 351 g/mol. The number of fused-ring (bicyclic) bond motifs is 1. The van der Waals surface area contributed by atoms with Gasteiger partial charge < -0.3 is 0 Å². The fourth-order valence-electron chi connectivity index (χ4n) is 2.28. The molecule has 2 heterocycles. The molecule has 1 aliphatic carbocycles. The first-order valence-electron chi connectivity index (χ1n) is 6.12. The van der Waals surface area contributed by atoms with Crippen LogP contribution in [0, 0.1) is 11.3 Å². The van der Waals surface area contributed by atoms with Gasteiger partial charge in [-0.15, -0.1) is 22.7 Å². The van der Waals surface area contributed by atoms with Crippen molar-refractivity contribution in [2.45, 2.75) is 25.7 Å². The molecule has 96 valence electrons. The normalized spacial score (nSPS) is 14.5. The Hall–Kier alpha value is -0.960. The van der Waals surface area contributed by atoms with Crippen molar-refractivity contribution in [1.29, 1.82) is 5.26 Å². The van der Waals surface area contributed by atoms with Crippen molar-refractivity contribution in [2.75, 3.05) is 0 Å². The Morgan fingerprint density at radius 3 is 2.84 bits per heavy atom. The number of halogens is 1. The SMILES string of the molecule is N#Cc1c(N=Cc2ccc(Br)s2)sc2c1CCCC2. The highest BCUT2D eigenvalue weighted by atomic mass is 79.9. The van der Waals surface area contributed by atoms with E-state index in [1.54, 1.807) is 22.7 Å². The van der Waals surface area contributed by atoms with Gasteiger partial charge >= 0.3 is 0 Å². The van der Waals surface area contributed by atoms with Gasteiger partial charge in [0.05, 0.1) is 9.35 Å². The van der Waals surface area contributed by atoms with Gasteiger partial charge in [-0.25, -0.2) is 4.99 Å². The molecule has 0 aromatic carbocycles. The number of nitrogens with zero attached hydrogens (tertiary/aromatic N) is 2. The molecule has 0 aliphatic heterocycles. The molecule has 0 spiro atoms. The molecule has 0 amide bonds. The lowest BCUT2D eigenvalue weighted by Gasteiger charge is -2.09. The summed E-state index contributed by atoms with van der Waals surface area (Å²) < 4.78 is 1.10. The molecule has 2 aromatic rings. The lowest BCUT2D eigenvalue weighted by Crippen LogP contribution is -1.99. The van der Waals surface area contributed by atoms with Crippen LogP contribution in [0.5, 0.6) is 0 Å². The van der Waals surface area contributed by atoms with Crippen LogP contribution in [0.1, 0.15) is 33.7 Å². The summed E-state index contributed by atoms with van der Waals surface area (Å²) in [6, 6.07) is 6.37.